The number of nitrogens with zero attached hydrogens (tertiary/aromatic N) is 6. The number of likely N-dealkylation sites (tertiary alicyclic amines) is 1. The zero-order valence-corrected chi connectivity index (χ0v) is 25.9. The molecule has 2 aliphatic heterocycles. The van der Waals surface area contributed by atoms with Crippen LogP contribution in [-0.2, 0) is 23.9 Å². The lowest BCUT2D eigenvalue weighted by atomic mass is 10.0. The minimum absolute atomic E-state index is 0.0292. The topological polar surface area (TPSA) is 103 Å². The largest absolute Gasteiger partial charge is 0.481 e. The summed E-state index contributed by atoms with van der Waals surface area (Å²) >= 11 is 1.36. The van der Waals surface area contributed by atoms with Gasteiger partial charge in [0.2, 0.25) is 0 Å². The third-order valence-corrected chi connectivity index (χ3v) is 9.57. The Labute approximate surface area is 258 Å². The number of Topliss-reactive ketones (excluding diaryl/α,β-unsaturated/α-hetero) is 1. The first-order chi connectivity index (χ1) is 20.9. The Bertz CT molecular complexity index is 1500. The second kappa shape index (κ2) is 13.3. The molecule has 236 valence electrons. The number of rotatable bonds is 10. The van der Waals surface area contributed by atoms with E-state index in [1.54, 1.807) is 12.3 Å². The monoisotopic (exact) mass is 630 g/mol. The molecular formula is C31H37F3N6O3S. The van der Waals surface area contributed by atoms with Gasteiger partial charge in [-0.15, -0.1) is 11.3 Å². The van der Waals surface area contributed by atoms with Crippen molar-refractivity contribution < 1.29 is 27.9 Å². The van der Waals surface area contributed by atoms with Gasteiger partial charge in [-0.25, -0.2) is 15.0 Å². The maximum atomic E-state index is 13.7. The number of aliphatic carboxylic acids is 1. The lowest BCUT2D eigenvalue weighted by molar-refractivity contribution is -0.138. The van der Waals surface area contributed by atoms with E-state index in [9.17, 15) is 22.8 Å². The summed E-state index contributed by atoms with van der Waals surface area (Å²) < 4.78 is 41.2. The molecule has 44 heavy (non-hydrogen) atoms. The van der Waals surface area contributed by atoms with Crippen LogP contribution in [0.5, 0.6) is 0 Å². The second-order valence-corrected chi connectivity index (χ2v) is 12.9. The van der Waals surface area contributed by atoms with Crippen LogP contribution in [-0.4, -0.2) is 86.4 Å². The smallest absolute Gasteiger partial charge is 0.416 e. The number of carbonyl (C=O) groups is 2. The van der Waals surface area contributed by atoms with Crippen molar-refractivity contribution in [2.45, 2.75) is 71.3 Å². The van der Waals surface area contributed by atoms with Crippen molar-refractivity contribution in [3.63, 3.8) is 0 Å². The summed E-state index contributed by atoms with van der Waals surface area (Å²) in [5.41, 5.74) is 0.537. The zero-order valence-electron chi connectivity index (χ0n) is 25.1. The van der Waals surface area contributed by atoms with Crippen LogP contribution >= 0.6 is 11.3 Å². The molecule has 0 saturated carbocycles. The summed E-state index contributed by atoms with van der Waals surface area (Å²) in [6, 6.07) is 4.80. The van der Waals surface area contributed by atoms with Crippen molar-refractivity contribution in [3.8, 4) is 11.3 Å². The number of alkyl halides is 3. The van der Waals surface area contributed by atoms with Crippen LogP contribution in [0.3, 0.4) is 0 Å². The number of aryl methyl sites for hydroxylation is 1. The molecule has 2 fully saturated rings. The molecule has 0 aliphatic carbocycles. The summed E-state index contributed by atoms with van der Waals surface area (Å²) in [6.07, 6.45) is 0.753. The van der Waals surface area contributed by atoms with Crippen LogP contribution in [0.25, 0.3) is 11.3 Å². The highest BCUT2D eigenvalue weighted by Crippen LogP contribution is 2.37. The fourth-order valence-corrected chi connectivity index (χ4v) is 7.04. The van der Waals surface area contributed by atoms with E-state index in [2.05, 4.69) is 31.6 Å². The van der Waals surface area contributed by atoms with Crippen molar-refractivity contribution in [1.29, 1.82) is 0 Å². The van der Waals surface area contributed by atoms with Crippen molar-refractivity contribution >= 4 is 28.9 Å². The maximum Gasteiger partial charge on any atom is 0.416 e. The molecule has 2 aliphatic rings. The molecule has 0 radical (unpaired) electrons. The number of hydrogen-bond donors (Lipinski definition) is 1. The molecule has 2 saturated heterocycles. The van der Waals surface area contributed by atoms with E-state index in [1.165, 1.54) is 30.5 Å². The minimum atomic E-state index is -4.48. The molecule has 0 unspecified atom stereocenters. The molecule has 3 aromatic rings. The lowest BCUT2D eigenvalue weighted by Gasteiger charge is -2.40. The van der Waals surface area contributed by atoms with Gasteiger partial charge in [0.05, 0.1) is 36.5 Å². The van der Waals surface area contributed by atoms with E-state index in [0.717, 1.165) is 30.3 Å². The predicted octanol–water partition coefficient (Wildman–Crippen LogP) is 5.32. The van der Waals surface area contributed by atoms with E-state index < -0.39 is 17.7 Å². The van der Waals surface area contributed by atoms with E-state index in [1.807, 2.05) is 6.92 Å². The number of benzene rings is 1. The molecule has 0 amide bonds. The van der Waals surface area contributed by atoms with Crippen molar-refractivity contribution in [2.75, 3.05) is 37.6 Å². The Morgan fingerprint density at radius 3 is 2.50 bits per heavy atom. The molecule has 1 aromatic carbocycles. The highest BCUT2D eigenvalue weighted by atomic mass is 32.1. The van der Waals surface area contributed by atoms with Gasteiger partial charge in [-0.3, -0.25) is 19.4 Å². The number of carbonyl (C=O) groups excluding carboxylic acids is 1. The molecule has 5 rings (SSSR count). The fourth-order valence-electron chi connectivity index (χ4n) is 5.93. The zero-order chi connectivity index (χ0) is 31.6. The predicted molar refractivity (Wildman–Crippen MR) is 162 cm³/mol. The average Bonchev–Trinajstić information content (AvgIpc) is 3.57. The molecule has 0 bridgehead atoms. The number of piperazine rings is 1. The van der Waals surface area contributed by atoms with Crippen LogP contribution in [0.15, 0.2) is 30.6 Å². The number of carboxylic acids is 1. The Kier molecular flexibility index (Phi) is 9.66. The van der Waals surface area contributed by atoms with Gasteiger partial charge in [0.1, 0.15) is 16.5 Å². The number of aromatic nitrogens is 3. The molecule has 9 nitrogen and oxygen atoms in total. The first kappa shape index (κ1) is 32.0. The van der Waals surface area contributed by atoms with Crippen molar-refractivity contribution in [3.05, 3.63) is 57.3 Å². The van der Waals surface area contributed by atoms with Gasteiger partial charge in [0, 0.05) is 55.2 Å². The Balaban J connectivity index is 1.32. The van der Waals surface area contributed by atoms with E-state index in [0.29, 0.717) is 60.8 Å². The van der Waals surface area contributed by atoms with Gasteiger partial charge in [0.15, 0.2) is 5.78 Å². The number of carboxylic acid groups (broad SMARTS) is 1. The lowest BCUT2D eigenvalue weighted by Crippen LogP contribution is -2.52. The highest BCUT2D eigenvalue weighted by molar-refractivity contribution is 7.12. The minimum Gasteiger partial charge on any atom is -0.481 e. The summed E-state index contributed by atoms with van der Waals surface area (Å²) in [6.45, 7) is 9.63. The van der Waals surface area contributed by atoms with Crippen molar-refractivity contribution in [1.82, 2.24) is 24.8 Å². The second-order valence-electron chi connectivity index (χ2n) is 11.7. The van der Waals surface area contributed by atoms with Gasteiger partial charge in [0.25, 0.3) is 0 Å². The normalized spacial score (nSPS) is 19.9. The Hall–Kier alpha value is -3.42. The Morgan fingerprint density at radius 2 is 1.86 bits per heavy atom. The number of anilines is 1. The molecule has 4 heterocycles. The van der Waals surface area contributed by atoms with Crippen LogP contribution < -0.4 is 4.90 Å². The van der Waals surface area contributed by atoms with Crippen LogP contribution in [0.2, 0.25) is 0 Å². The van der Waals surface area contributed by atoms with Crippen LogP contribution in [0.4, 0.5) is 19.0 Å². The Morgan fingerprint density at radius 1 is 1.07 bits per heavy atom. The van der Waals surface area contributed by atoms with Gasteiger partial charge < -0.3 is 10.0 Å². The quantitative estimate of drug-likeness (QED) is 0.298. The molecule has 2 aromatic heterocycles. The average molecular weight is 631 g/mol. The van der Waals surface area contributed by atoms with E-state index in [-0.39, 0.29) is 35.9 Å². The van der Waals surface area contributed by atoms with Gasteiger partial charge >= 0.3 is 12.1 Å². The van der Waals surface area contributed by atoms with Crippen LogP contribution in [0.1, 0.15) is 64.6 Å². The van der Waals surface area contributed by atoms with Crippen LogP contribution in [0, 0.1) is 6.92 Å². The van der Waals surface area contributed by atoms with Crippen molar-refractivity contribution in [2.24, 2.45) is 0 Å². The molecule has 2 atom stereocenters. The van der Waals surface area contributed by atoms with Gasteiger partial charge in [-0.2, -0.15) is 13.2 Å². The summed E-state index contributed by atoms with van der Waals surface area (Å²) in [5.74, 6) is -0.440. The number of thiazole rings is 1. The fraction of sp³-hybridized carbons (Fsp3) is 0.516. The number of hydrogen-bond acceptors (Lipinski definition) is 9. The standard InChI is InChI=1S/C31H37F3N6O3S/c1-19-6-7-22(13-23(19)31(32,33)34)30-26(18-39-9-4-5-20(39)2)44-28(37-30)14-25(41)24-15-36-27(16-35-24)40-12-11-38(21(3)17-40)10-8-29(42)43/h6-7,13,15-16,20-21H,4-5,8-12,14,17-18H2,1-3H3,(H,42,43)/t20-,21+/m1/s1. The third kappa shape index (κ3) is 7.44. The maximum absolute atomic E-state index is 13.7. The van der Waals surface area contributed by atoms with Gasteiger partial charge in [-0.1, -0.05) is 12.1 Å². The molecule has 13 heteroatoms. The van der Waals surface area contributed by atoms with E-state index >= 15 is 0 Å². The van der Waals surface area contributed by atoms with E-state index in [4.69, 9.17) is 10.1 Å². The summed E-state index contributed by atoms with van der Waals surface area (Å²) in [5, 5.41) is 9.50. The van der Waals surface area contributed by atoms with Gasteiger partial charge in [-0.05, 0) is 51.8 Å². The SMILES string of the molecule is Cc1ccc(-c2nc(CC(=O)c3cnc(N4CCN(CCC(=O)O)[C@@H](C)C4)cn3)sc2CN2CCC[C@H]2C)cc1C(F)(F)F. The molecule has 0 spiro atoms. The number of halogens is 3. The first-order valence-electron chi connectivity index (χ1n) is 14.9. The first-order valence-corrected chi connectivity index (χ1v) is 15.7. The third-order valence-electron chi connectivity index (χ3n) is 8.53. The summed E-state index contributed by atoms with van der Waals surface area (Å²) in [4.78, 5) is 45.1. The highest BCUT2D eigenvalue weighted by Gasteiger charge is 2.33. The number of ketones is 1. The summed E-state index contributed by atoms with van der Waals surface area (Å²) in [7, 11) is 0. The molecule has 1 N–H and O–H groups in total. The molecular weight excluding hydrogens is 593 g/mol.